The van der Waals surface area contributed by atoms with Gasteiger partial charge in [-0.3, -0.25) is 0 Å². The lowest BCUT2D eigenvalue weighted by Gasteiger charge is -2.36. The molecule has 0 unspecified atom stereocenters. The number of hydrogen-bond donors (Lipinski definition) is 0. The Bertz CT molecular complexity index is 647. The molecular weight excluding hydrogens is 312 g/mol. The van der Waals surface area contributed by atoms with Crippen molar-refractivity contribution in [2.75, 3.05) is 0 Å². The van der Waals surface area contributed by atoms with Crippen molar-refractivity contribution in [3.63, 3.8) is 0 Å². The molecule has 3 rings (SSSR count). The first kappa shape index (κ1) is 18.5. The quantitative estimate of drug-likeness (QED) is 0.281. The van der Waals surface area contributed by atoms with Crippen LogP contribution in [0.1, 0.15) is 62.1 Å². The fraction of sp³-hybridized carbons (Fsp3) is 0.308. The van der Waals surface area contributed by atoms with Gasteiger partial charge >= 0.3 is 0 Å². The molecule has 0 spiro atoms. The van der Waals surface area contributed by atoms with Crippen molar-refractivity contribution in [1.82, 2.24) is 0 Å². The molecule has 0 saturated heterocycles. The van der Waals surface area contributed by atoms with Crippen LogP contribution in [-0.4, -0.2) is 0 Å². The van der Waals surface area contributed by atoms with Crippen LogP contribution in [0.3, 0.4) is 0 Å². The topological polar surface area (TPSA) is 0 Å². The highest BCUT2D eigenvalue weighted by molar-refractivity contribution is 5.50. The van der Waals surface area contributed by atoms with Gasteiger partial charge in [0, 0.05) is 5.41 Å². The summed E-state index contributed by atoms with van der Waals surface area (Å²) >= 11 is 0. The van der Waals surface area contributed by atoms with E-state index in [0.29, 0.717) is 0 Å². The molecule has 0 bridgehead atoms. The maximum absolute atomic E-state index is 2.30. The number of hydrogen-bond acceptors (Lipinski definition) is 0. The minimum Gasteiger partial charge on any atom is -0.0654 e. The molecule has 0 nitrogen and oxygen atoms in total. The summed E-state index contributed by atoms with van der Waals surface area (Å²) in [6, 6.07) is 33.2. The van der Waals surface area contributed by atoms with Gasteiger partial charge in [0.05, 0.1) is 0 Å². The van der Waals surface area contributed by atoms with Crippen LogP contribution < -0.4 is 0 Å². The van der Waals surface area contributed by atoms with Crippen molar-refractivity contribution in [3.8, 4) is 0 Å². The predicted molar refractivity (Wildman–Crippen MR) is 113 cm³/mol. The molecule has 134 valence electrons. The molecule has 0 N–H and O–H groups in total. The Balaban J connectivity index is 2.06. The van der Waals surface area contributed by atoms with Crippen molar-refractivity contribution in [2.24, 2.45) is 0 Å². The average molecular weight is 343 g/mol. The zero-order valence-electron chi connectivity index (χ0n) is 15.9. The van der Waals surface area contributed by atoms with Crippen molar-refractivity contribution in [2.45, 2.75) is 50.9 Å². The van der Waals surface area contributed by atoms with Gasteiger partial charge in [-0.05, 0) is 23.1 Å². The van der Waals surface area contributed by atoms with E-state index < -0.39 is 0 Å². The number of rotatable bonds is 9. The monoisotopic (exact) mass is 342 g/mol. The summed E-state index contributed by atoms with van der Waals surface area (Å²) in [4.78, 5) is 0. The molecule has 0 saturated carbocycles. The predicted octanol–water partition coefficient (Wildman–Crippen LogP) is 7.38. The molecule has 0 heteroatoms. The van der Waals surface area contributed by atoms with Crippen LogP contribution >= 0.6 is 0 Å². The lowest BCUT2D eigenvalue weighted by molar-refractivity contribution is 0.502. The van der Waals surface area contributed by atoms with E-state index in [1.54, 1.807) is 0 Å². The fourth-order valence-corrected chi connectivity index (χ4v) is 4.09. The van der Waals surface area contributed by atoms with Crippen LogP contribution in [0.25, 0.3) is 0 Å². The summed E-state index contributed by atoms with van der Waals surface area (Å²) in [5.74, 6) is 0. The van der Waals surface area contributed by atoms with Crippen LogP contribution in [0, 0.1) is 0 Å². The minimum absolute atomic E-state index is 0.0734. The van der Waals surface area contributed by atoms with Crippen LogP contribution in [0.5, 0.6) is 0 Å². The molecule has 0 radical (unpaired) electrons. The first-order valence-corrected chi connectivity index (χ1v) is 10.0. The zero-order chi connectivity index (χ0) is 18.1. The Morgan fingerprint density at radius 1 is 0.500 bits per heavy atom. The smallest absolute Gasteiger partial charge is 0.0451 e. The van der Waals surface area contributed by atoms with Gasteiger partial charge in [-0.1, -0.05) is 130 Å². The first-order chi connectivity index (χ1) is 12.9. The highest BCUT2D eigenvalue weighted by atomic mass is 14.4. The standard InChI is InChI=1S/C26H30/c1-2-3-4-5-15-22-26(23-16-9-6-10-17-23,24-18-11-7-12-19-24)25-20-13-8-14-21-25/h6-14,16-21H,2-5,15,22H2,1H3. The minimum atomic E-state index is -0.0734. The van der Waals surface area contributed by atoms with Crippen molar-refractivity contribution in [3.05, 3.63) is 108 Å². The van der Waals surface area contributed by atoms with Crippen LogP contribution in [0.4, 0.5) is 0 Å². The third-order valence-electron chi connectivity index (χ3n) is 5.46. The summed E-state index contributed by atoms with van der Waals surface area (Å²) < 4.78 is 0. The molecule has 0 fully saturated rings. The second-order valence-electron chi connectivity index (χ2n) is 7.17. The summed E-state index contributed by atoms with van der Waals surface area (Å²) in [6.45, 7) is 2.28. The summed E-state index contributed by atoms with van der Waals surface area (Å²) in [5, 5.41) is 0. The normalized spacial score (nSPS) is 11.4. The molecule has 0 atom stereocenters. The van der Waals surface area contributed by atoms with Gasteiger partial charge in [-0.15, -0.1) is 0 Å². The van der Waals surface area contributed by atoms with Gasteiger partial charge in [0.1, 0.15) is 0 Å². The molecular formula is C26H30. The van der Waals surface area contributed by atoms with Gasteiger partial charge in [0.25, 0.3) is 0 Å². The van der Waals surface area contributed by atoms with Crippen LogP contribution in [-0.2, 0) is 5.41 Å². The van der Waals surface area contributed by atoms with E-state index in [-0.39, 0.29) is 5.41 Å². The van der Waals surface area contributed by atoms with Gasteiger partial charge in [0.2, 0.25) is 0 Å². The SMILES string of the molecule is CCCCCCCC(c1ccccc1)(c1ccccc1)c1ccccc1. The van der Waals surface area contributed by atoms with Crippen LogP contribution in [0.15, 0.2) is 91.0 Å². The highest BCUT2D eigenvalue weighted by Gasteiger charge is 2.35. The van der Waals surface area contributed by atoms with Crippen molar-refractivity contribution in [1.29, 1.82) is 0 Å². The summed E-state index contributed by atoms with van der Waals surface area (Å²) in [6.07, 6.45) is 7.68. The zero-order valence-corrected chi connectivity index (χ0v) is 15.9. The van der Waals surface area contributed by atoms with E-state index in [2.05, 4.69) is 97.9 Å². The Morgan fingerprint density at radius 3 is 1.27 bits per heavy atom. The Morgan fingerprint density at radius 2 is 0.885 bits per heavy atom. The van der Waals surface area contributed by atoms with E-state index in [0.717, 1.165) is 6.42 Å². The molecule has 0 amide bonds. The van der Waals surface area contributed by atoms with Gasteiger partial charge in [0.15, 0.2) is 0 Å². The second kappa shape index (κ2) is 9.38. The molecule has 3 aromatic carbocycles. The van der Waals surface area contributed by atoms with Crippen molar-refractivity contribution < 1.29 is 0 Å². The van der Waals surface area contributed by atoms with E-state index in [9.17, 15) is 0 Å². The maximum atomic E-state index is 2.30. The van der Waals surface area contributed by atoms with Gasteiger partial charge in [-0.2, -0.15) is 0 Å². The molecule has 0 aliphatic carbocycles. The first-order valence-electron chi connectivity index (χ1n) is 10.0. The molecule has 3 aromatic rings. The molecule has 0 aliphatic rings. The largest absolute Gasteiger partial charge is 0.0654 e. The average Bonchev–Trinajstić information content (AvgIpc) is 2.73. The Labute approximate surface area is 158 Å². The van der Waals surface area contributed by atoms with E-state index in [1.807, 2.05) is 0 Å². The maximum Gasteiger partial charge on any atom is 0.0451 e. The van der Waals surface area contributed by atoms with E-state index in [1.165, 1.54) is 48.8 Å². The Kier molecular flexibility index (Phi) is 6.66. The fourth-order valence-electron chi connectivity index (χ4n) is 4.09. The van der Waals surface area contributed by atoms with Gasteiger partial charge in [-0.25, -0.2) is 0 Å². The van der Waals surface area contributed by atoms with Crippen LogP contribution in [0.2, 0.25) is 0 Å². The lowest BCUT2D eigenvalue weighted by atomic mass is 9.66. The Hall–Kier alpha value is -2.34. The lowest BCUT2D eigenvalue weighted by Crippen LogP contribution is -2.29. The number of benzene rings is 3. The molecule has 0 aliphatic heterocycles. The number of unbranched alkanes of at least 4 members (excludes halogenated alkanes) is 4. The molecule has 0 aromatic heterocycles. The molecule has 26 heavy (non-hydrogen) atoms. The highest BCUT2D eigenvalue weighted by Crippen LogP contribution is 2.43. The summed E-state index contributed by atoms with van der Waals surface area (Å²) in [7, 11) is 0. The van der Waals surface area contributed by atoms with E-state index >= 15 is 0 Å². The van der Waals surface area contributed by atoms with Crippen molar-refractivity contribution >= 4 is 0 Å². The molecule has 0 heterocycles. The van der Waals surface area contributed by atoms with E-state index in [4.69, 9.17) is 0 Å². The second-order valence-corrected chi connectivity index (χ2v) is 7.17. The van der Waals surface area contributed by atoms with Gasteiger partial charge < -0.3 is 0 Å². The third-order valence-corrected chi connectivity index (χ3v) is 5.46. The third kappa shape index (κ3) is 4.07. The summed E-state index contributed by atoms with van der Waals surface area (Å²) in [5.41, 5.74) is 4.12.